The van der Waals surface area contributed by atoms with Gasteiger partial charge in [0.25, 0.3) is 0 Å². The lowest BCUT2D eigenvalue weighted by Gasteiger charge is -2.19. The molecule has 0 bridgehead atoms. The van der Waals surface area contributed by atoms with Gasteiger partial charge in [0.15, 0.2) is 5.78 Å². The minimum absolute atomic E-state index is 0.0313. The van der Waals surface area contributed by atoms with Crippen molar-refractivity contribution in [1.82, 2.24) is 5.32 Å². The van der Waals surface area contributed by atoms with Gasteiger partial charge in [0.05, 0.1) is 21.1 Å². The molecule has 0 spiro atoms. The van der Waals surface area contributed by atoms with Crippen molar-refractivity contribution >= 4 is 44.9 Å². The van der Waals surface area contributed by atoms with Crippen LogP contribution >= 0.6 is 39.1 Å². The lowest BCUT2D eigenvalue weighted by molar-refractivity contribution is 0.0982. The molecule has 0 heterocycles. The first-order valence-corrected chi connectivity index (χ1v) is 6.68. The van der Waals surface area contributed by atoms with E-state index in [1.807, 2.05) is 20.8 Å². The second-order valence-electron chi connectivity index (χ2n) is 4.78. The Balaban J connectivity index is 2.84. The first-order chi connectivity index (χ1) is 7.70. The van der Waals surface area contributed by atoms with Crippen molar-refractivity contribution in [3.05, 3.63) is 32.2 Å². The number of halogens is 3. The molecule has 0 aliphatic rings. The average molecular weight is 339 g/mol. The molecule has 1 aromatic rings. The van der Waals surface area contributed by atoms with Crippen molar-refractivity contribution in [3.63, 3.8) is 0 Å². The van der Waals surface area contributed by atoms with Crippen LogP contribution < -0.4 is 5.32 Å². The standard InChI is InChI=1S/C12H14BrCl2NO/c1-12(2,3)16-6-10(17)7-4-8(14)11(13)9(15)5-7/h4-5,16H,6H2,1-3H3. The van der Waals surface area contributed by atoms with Gasteiger partial charge in [-0.15, -0.1) is 0 Å². The molecule has 1 aromatic carbocycles. The Morgan fingerprint density at radius 1 is 1.29 bits per heavy atom. The summed E-state index contributed by atoms with van der Waals surface area (Å²) in [5.74, 6) is -0.0313. The molecular formula is C12H14BrCl2NO. The van der Waals surface area contributed by atoms with E-state index in [1.54, 1.807) is 12.1 Å². The van der Waals surface area contributed by atoms with E-state index in [9.17, 15) is 4.79 Å². The van der Waals surface area contributed by atoms with Crippen LogP contribution in [-0.4, -0.2) is 17.9 Å². The van der Waals surface area contributed by atoms with Crippen LogP contribution in [0.1, 0.15) is 31.1 Å². The third kappa shape index (κ3) is 4.59. The summed E-state index contributed by atoms with van der Waals surface area (Å²) in [6, 6.07) is 3.23. The van der Waals surface area contributed by atoms with Crippen molar-refractivity contribution in [2.24, 2.45) is 0 Å². The van der Waals surface area contributed by atoms with Crippen molar-refractivity contribution in [2.75, 3.05) is 6.54 Å². The van der Waals surface area contributed by atoms with Gasteiger partial charge in [-0.3, -0.25) is 4.79 Å². The van der Waals surface area contributed by atoms with E-state index in [-0.39, 0.29) is 17.9 Å². The Bertz CT molecular complexity index is 418. The fraction of sp³-hybridized carbons (Fsp3) is 0.417. The zero-order valence-corrected chi connectivity index (χ0v) is 13.0. The topological polar surface area (TPSA) is 29.1 Å². The normalized spacial score (nSPS) is 11.6. The van der Waals surface area contributed by atoms with Gasteiger partial charge in [0.2, 0.25) is 0 Å². The van der Waals surface area contributed by atoms with Crippen LogP contribution in [0.4, 0.5) is 0 Å². The van der Waals surface area contributed by atoms with Crippen LogP contribution in [0.2, 0.25) is 10.0 Å². The zero-order chi connectivity index (χ0) is 13.2. The van der Waals surface area contributed by atoms with Gasteiger partial charge >= 0.3 is 0 Å². The molecule has 0 fully saturated rings. The number of Topliss-reactive ketones (excluding diaryl/α,β-unsaturated/α-hetero) is 1. The number of benzene rings is 1. The van der Waals surface area contributed by atoms with Crippen LogP contribution in [0.25, 0.3) is 0 Å². The number of carbonyl (C=O) groups excluding carboxylic acids is 1. The van der Waals surface area contributed by atoms with Gasteiger partial charge < -0.3 is 5.32 Å². The first kappa shape index (κ1) is 15.0. The van der Waals surface area contributed by atoms with E-state index in [4.69, 9.17) is 23.2 Å². The van der Waals surface area contributed by atoms with Gasteiger partial charge in [-0.05, 0) is 48.8 Å². The molecule has 0 atom stereocenters. The lowest BCUT2D eigenvalue weighted by atomic mass is 10.1. The van der Waals surface area contributed by atoms with Crippen molar-refractivity contribution in [1.29, 1.82) is 0 Å². The number of nitrogens with one attached hydrogen (secondary N) is 1. The van der Waals surface area contributed by atoms with E-state index in [0.717, 1.165) is 0 Å². The largest absolute Gasteiger partial charge is 0.305 e. The number of hydrogen-bond donors (Lipinski definition) is 1. The van der Waals surface area contributed by atoms with Crippen molar-refractivity contribution in [3.8, 4) is 0 Å². The predicted molar refractivity (Wildman–Crippen MR) is 76.2 cm³/mol. The van der Waals surface area contributed by atoms with E-state index < -0.39 is 0 Å². The molecule has 17 heavy (non-hydrogen) atoms. The van der Waals surface area contributed by atoms with Gasteiger partial charge in [-0.1, -0.05) is 23.2 Å². The summed E-state index contributed by atoms with van der Waals surface area (Å²) in [5.41, 5.74) is 0.415. The Hall–Kier alpha value is -0.0900. The summed E-state index contributed by atoms with van der Waals surface area (Å²) in [6.07, 6.45) is 0. The zero-order valence-electron chi connectivity index (χ0n) is 9.90. The third-order valence-corrected chi connectivity index (χ3v) is 3.99. The lowest BCUT2D eigenvalue weighted by Crippen LogP contribution is -2.39. The molecule has 0 amide bonds. The Morgan fingerprint density at radius 3 is 2.18 bits per heavy atom. The van der Waals surface area contributed by atoms with Crippen molar-refractivity contribution < 1.29 is 4.79 Å². The number of hydrogen-bond acceptors (Lipinski definition) is 2. The summed E-state index contributed by atoms with van der Waals surface area (Å²) in [6.45, 7) is 6.27. The van der Waals surface area contributed by atoms with Gasteiger partial charge in [-0.25, -0.2) is 0 Å². The summed E-state index contributed by atoms with van der Waals surface area (Å²) in [4.78, 5) is 11.9. The van der Waals surface area contributed by atoms with E-state index in [1.165, 1.54) is 0 Å². The fourth-order valence-electron chi connectivity index (χ4n) is 1.16. The minimum Gasteiger partial charge on any atom is -0.305 e. The highest BCUT2D eigenvalue weighted by atomic mass is 79.9. The van der Waals surface area contributed by atoms with Crippen LogP contribution in [0.3, 0.4) is 0 Å². The van der Waals surface area contributed by atoms with Gasteiger partial charge in [-0.2, -0.15) is 0 Å². The van der Waals surface area contributed by atoms with Crippen LogP contribution in [0.5, 0.6) is 0 Å². The summed E-state index contributed by atoms with van der Waals surface area (Å²) in [7, 11) is 0. The highest BCUT2D eigenvalue weighted by molar-refractivity contribution is 9.10. The maximum Gasteiger partial charge on any atom is 0.176 e. The number of rotatable bonds is 3. The molecule has 0 aromatic heterocycles. The Labute approximate surface area is 120 Å². The SMILES string of the molecule is CC(C)(C)NCC(=O)c1cc(Cl)c(Br)c(Cl)c1. The first-order valence-electron chi connectivity index (χ1n) is 5.13. The number of carbonyl (C=O) groups is 1. The molecule has 0 unspecified atom stereocenters. The molecule has 0 aliphatic heterocycles. The molecule has 0 saturated heterocycles. The predicted octanol–water partition coefficient (Wildman–Crippen LogP) is 4.33. The van der Waals surface area contributed by atoms with Crippen LogP contribution in [-0.2, 0) is 0 Å². The van der Waals surface area contributed by atoms with E-state index in [2.05, 4.69) is 21.2 Å². The molecular weight excluding hydrogens is 325 g/mol. The van der Waals surface area contributed by atoms with Crippen LogP contribution in [0.15, 0.2) is 16.6 Å². The summed E-state index contributed by atoms with van der Waals surface area (Å²) in [5, 5.41) is 4.01. The molecule has 5 heteroatoms. The quantitative estimate of drug-likeness (QED) is 0.656. The Kier molecular flexibility index (Phi) is 5.02. The van der Waals surface area contributed by atoms with E-state index >= 15 is 0 Å². The van der Waals surface area contributed by atoms with Crippen LogP contribution in [0, 0.1) is 0 Å². The molecule has 1 N–H and O–H groups in total. The van der Waals surface area contributed by atoms with Crippen molar-refractivity contribution in [2.45, 2.75) is 26.3 Å². The maximum absolute atomic E-state index is 11.9. The average Bonchev–Trinajstić information content (AvgIpc) is 2.20. The monoisotopic (exact) mass is 337 g/mol. The number of ketones is 1. The molecule has 94 valence electrons. The van der Waals surface area contributed by atoms with Gasteiger partial charge in [0.1, 0.15) is 0 Å². The molecule has 0 aliphatic carbocycles. The third-order valence-electron chi connectivity index (χ3n) is 2.09. The van der Waals surface area contributed by atoms with Gasteiger partial charge in [0, 0.05) is 11.1 Å². The van der Waals surface area contributed by atoms with E-state index in [0.29, 0.717) is 20.1 Å². The molecule has 2 nitrogen and oxygen atoms in total. The highest BCUT2D eigenvalue weighted by Gasteiger charge is 2.15. The second kappa shape index (κ2) is 5.70. The molecule has 0 radical (unpaired) electrons. The second-order valence-corrected chi connectivity index (χ2v) is 6.39. The summed E-state index contributed by atoms with van der Waals surface area (Å²) < 4.78 is 0.612. The highest BCUT2D eigenvalue weighted by Crippen LogP contribution is 2.31. The Morgan fingerprint density at radius 2 is 1.76 bits per heavy atom. The smallest absolute Gasteiger partial charge is 0.176 e. The molecule has 1 rings (SSSR count). The summed E-state index contributed by atoms with van der Waals surface area (Å²) >= 11 is 15.1. The maximum atomic E-state index is 11.9. The fourth-order valence-corrected chi connectivity index (χ4v) is 1.88. The molecule has 0 saturated carbocycles. The minimum atomic E-state index is -0.0986.